The molecule has 0 aliphatic carbocycles. The average molecular weight is 500 g/mol. The Balaban J connectivity index is 1.54. The average Bonchev–Trinajstić information content (AvgIpc) is 3.20. The van der Waals surface area contributed by atoms with Crippen LogP contribution in [0.3, 0.4) is 0 Å². The molecule has 0 spiro atoms. The van der Waals surface area contributed by atoms with Crippen LogP contribution in [0, 0.1) is 0 Å². The van der Waals surface area contributed by atoms with Crippen LogP contribution < -0.4 is 14.2 Å². The summed E-state index contributed by atoms with van der Waals surface area (Å²) in [7, 11) is 3.05. The van der Waals surface area contributed by atoms with Crippen molar-refractivity contribution in [3.8, 4) is 28.4 Å². The highest BCUT2D eigenvalue weighted by Gasteiger charge is 2.39. The molecule has 0 aromatic heterocycles. The van der Waals surface area contributed by atoms with Crippen LogP contribution in [0.5, 0.6) is 17.2 Å². The molecule has 0 N–H and O–H groups in total. The van der Waals surface area contributed by atoms with Crippen LogP contribution in [0.4, 0.5) is 0 Å². The minimum atomic E-state index is -0.411. The van der Waals surface area contributed by atoms with Crippen molar-refractivity contribution in [1.29, 1.82) is 0 Å². The number of aliphatic imine (C=N–C) groups is 1. The van der Waals surface area contributed by atoms with E-state index in [1.54, 1.807) is 7.11 Å². The second kappa shape index (κ2) is 9.25. The standard InChI is InChI=1S/C31H33NO5/c1-30(2)16-22-15-25(34-5)29-24(17-31(3,4)37-29)27(22)28(32-30)21-9-7-8-20(14-21)19-10-12-23(13-11-19)36-18-26(33)35-6/h7-15H,16-18H2,1-6H3. The van der Waals surface area contributed by atoms with Crippen LogP contribution in [0.15, 0.2) is 59.6 Å². The normalized spacial score (nSPS) is 16.6. The van der Waals surface area contributed by atoms with Crippen LogP contribution >= 0.6 is 0 Å². The van der Waals surface area contributed by atoms with E-state index in [2.05, 4.69) is 62.8 Å². The molecule has 0 saturated carbocycles. The monoisotopic (exact) mass is 499 g/mol. The zero-order valence-electron chi connectivity index (χ0n) is 22.3. The summed E-state index contributed by atoms with van der Waals surface area (Å²) in [5.74, 6) is 1.83. The molecule has 37 heavy (non-hydrogen) atoms. The number of methoxy groups -OCH3 is 2. The molecule has 0 atom stereocenters. The van der Waals surface area contributed by atoms with Gasteiger partial charge in [-0.25, -0.2) is 4.79 Å². The van der Waals surface area contributed by atoms with E-state index in [0.717, 1.165) is 46.7 Å². The summed E-state index contributed by atoms with van der Waals surface area (Å²) in [5, 5.41) is 0. The lowest BCUT2D eigenvalue weighted by atomic mass is 9.80. The largest absolute Gasteiger partial charge is 0.493 e. The van der Waals surface area contributed by atoms with Crippen LogP contribution in [0.1, 0.15) is 49.9 Å². The summed E-state index contributed by atoms with van der Waals surface area (Å²) in [6.45, 7) is 8.46. The topological polar surface area (TPSA) is 66.4 Å². The third-order valence-corrected chi connectivity index (χ3v) is 6.81. The number of ether oxygens (including phenoxy) is 4. The van der Waals surface area contributed by atoms with Gasteiger partial charge in [-0.05, 0) is 75.1 Å². The SMILES string of the molecule is COC(=O)COc1ccc(-c2cccc(C3=NC(C)(C)Cc4cc(OC)c5c(c43)CC(C)(C)O5)c2)cc1. The molecule has 0 fully saturated rings. The van der Waals surface area contributed by atoms with Gasteiger partial charge in [0.25, 0.3) is 0 Å². The zero-order chi connectivity index (χ0) is 26.4. The fourth-order valence-electron chi connectivity index (χ4n) is 5.22. The van der Waals surface area contributed by atoms with E-state index in [1.165, 1.54) is 23.8 Å². The Hall–Kier alpha value is -3.80. The first-order valence-electron chi connectivity index (χ1n) is 12.5. The second-order valence-electron chi connectivity index (χ2n) is 10.9. The van der Waals surface area contributed by atoms with Gasteiger partial charge >= 0.3 is 5.97 Å². The van der Waals surface area contributed by atoms with Gasteiger partial charge < -0.3 is 18.9 Å². The van der Waals surface area contributed by atoms with E-state index in [1.807, 2.05) is 24.3 Å². The Morgan fingerprint density at radius 3 is 2.38 bits per heavy atom. The summed E-state index contributed by atoms with van der Waals surface area (Å²) < 4.78 is 22.2. The minimum absolute atomic E-state index is 0.115. The maximum atomic E-state index is 11.4. The highest BCUT2D eigenvalue weighted by Crippen LogP contribution is 2.48. The van der Waals surface area contributed by atoms with Crippen LogP contribution in [0.25, 0.3) is 11.1 Å². The van der Waals surface area contributed by atoms with E-state index in [4.69, 9.17) is 19.2 Å². The lowest BCUT2D eigenvalue weighted by Gasteiger charge is -2.31. The van der Waals surface area contributed by atoms with Gasteiger partial charge in [0, 0.05) is 23.1 Å². The smallest absolute Gasteiger partial charge is 0.343 e. The number of esters is 1. The summed E-state index contributed by atoms with van der Waals surface area (Å²) in [4.78, 5) is 16.6. The van der Waals surface area contributed by atoms with Crippen molar-refractivity contribution in [2.45, 2.75) is 51.7 Å². The predicted molar refractivity (Wildman–Crippen MR) is 144 cm³/mol. The summed E-state index contributed by atoms with van der Waals surface area (Å²) in [5.41, 5.74) is 7.22. The second-order valence-corrected chi connectivity index (χ2v) is 10.9. The first-order chi connectivity index (χ1) is 17.6. The van der Waals surface area contributed by atoms with Crippen molar-refractivity contribution in [3.05, 3.63) is 76.9 Å². The Bertz CT molecular complexity index is 1390. The van der Waals surface area contributed by atoms with E-state index >= 15 is 0 Å². The predicted octanol–water partition coefficient (Wildman–Crippen LogP) is 5.80. The lowest BCUT2D eigenvalue weighted by molar-refractivity contribution is -0.142. The van der Waals surface area contributed by atoms with Crippen LogP contribution in [-0.4, -0.2) is 43.6 Å². The van der Waals surface area contributed by atoms with Gasteiger partial charge in [-0.2, -0.15) is 0 Å². The van der Waals surface area contributed by atoms with Gasteiger partial charge in [0.05, 0.1) is 25.5 Å². The number of carbonyl (C=O) groups is 1. The number of fused-ring (bicyclic) bond motifs is 3. The highest BCUT2D eigenvalue weighted by molar-refractivity contribution is 6.16. The van der Waals surface area contributed by atoms with Gasteiger partial charge in [0.15, 0.2) is 18.1 Å². The molecule has 2 aliphatic heterocycles. The van der Waals surface area contributed by atoms with E-state index in [9.17, 15) is 4.79 Å². The molecule has 6 heteroatoms. The fraction of sp³-hybridized carbons (Fsp3) is 0.355. The molecule has 3 aromatic rings. The van der Waals surface area contributed by atoms with Gasteiger partial charge in [-0.1, -0.05) is 30.3 Å². The van der Waals surface area contributed by atoms with E-state index < -0.39 is 5.97 Å². The lowest BCUT2D eigenvalue weighted by Crippen LogP contribution is -2.30. The molecule has 6 nitrogen and oxygen atoms in total. The first kappa shape index (κ1) is 24.9. The number of hydrogen-bond donors (Lipinski definition) is 0. The number of nitrogens with zero attached hydrogens (tertiary/aromatic N) is 1. The first-order valence-corrected chi connectivity index (χ1v) is 12.5. The van der Waals surface area contributed by atoms with Crippen molar-refractivity contribution >= 4 is 11.7 Å². The van der Waals surface area contributed by atoms with Crippen molar-refractivity contribution < 1.29 is 23.7 Å². The Morgan fingerprint density at radius 2 is 1.68 bits per heavy atom. The van der Waals surface area contributed by atoms with Crippen molar-refractivity contribution in [2.24, 2.45) is 4.99 Å². The molecular formula is C31H33NO5. The summed E-state index contributed by atoms with van der Waals surface area (Å²) in [6, 6.07) is 18.3. The Morgan fingerprint density at radius 1 is 0.946 bits per heavy atom. The minimum Gasteiger partial charge on any atom is -0.493 e. The summed E-state index contributed by atoms with van der Waals surface area (Å²) in [6.07, 6.45) is 1.64. The van der Waals surface area contributed by atoms with Gasteiger partial charge in [-0.15, -0.1) is 0 Å². The molecule has 0 unspecified atom stereocenters. The van der Waals surface area contributed by atoms with Crippen molar-refractivity contribution in [3.63, 3.8) is 0 Å². The van der Waals surface area contributed by atoms with E-state index in [0.29, 0.717) is 5.75 Å². The van der Waals surface area contributed by atoms with Gasteiger partial charge in [0.1, 0.15) is 11.4 Å². The van der Waals surface area contributed by atoms with Gasteiger partial charge in [-0.3, -0.25) is 4.99 Å². The number of hydrogen-bond acceptors (Lipinski definition) is 6. The number of benzene rings is 3. The molecule has 3 aromatic carbocycles. The quantitative estimate of drug-likeness (QED) is 0.401. The van der Waals surface area contributed by atoms with Crippen molar-refractivity contribution in [1.82, 2.24) is 0 Å². The molecular weight excluding hydrogens is 466 g/mol. The molecule has 2 heterocycles. The van der Waals surface area contributed by atoms with E-state index in [-0.39, 0.29) is 17.7 Å². The fourth-order valence-corrected chi connectivity index (χ4v) is 5.22. The molecule has 5 rings (SSSR count). The Labute approximate surface area is 218 Å². The number of rotatable bonds is 6. The maximum absolute atomic E-state index is 11.4. The van der Waals surface area contributed by atoms with Crippen LogP contribution in [0.2, 0.25) is 0 Å². The number of carbonyl (C=O) groups excluding carboxylic acids is 1. The third kappa shape index (κ3) is 4.93. The maximum Gasteiger partial charge on any atom is 0.343 e. The highest BCUT2D eigenvalue weighted by atomic mass is 16.6. The van der Waals surface area contributed by atoms with Crippen molar-refractivity contribution in [2.75, 3.05) is 20.8 Å². The zero-order valence-corrected chi connectivity index (χ0v) is 22.3. The third-order valence-electron chi connectivity index (χ3n) is 6.81. The molecule has 0 bridgehead atoms. The molecule has 0 amide bonds. The summed E-state index contributed by atoms with van der Waals surface area (Å²) >= 11 is 0. The molecule has 2 aliphatic rings. The Kier molecular flexibility index (Phi) is 6.22. The van der Waals surface area contributed by atoms with Crippen LogP contribution in [-0.2, 0) is 22.4 Å². The molecule has 0 radical (unpaired) electrons. The molecule has 192 valence electrons. The van der Waals surface area contributed by atoms with Gasteiger partial charge in [0.2, 0.25) is 0 Å². The molecule has 0 saturated heterocycles.